The number of allylic oxidation sites excluding steroid dienone is 1. The summed E-state index contributed by atoms with van der Waals surface area (Å²) in [5.74, 6) is -1.98. The van der Waals surface area contributed by atoms with Crippen LogP contribution in [0, 0.1) is 11.8 Å². The first kappa shape index (κ1) is 16.6. The first-order valence-electron chi connectivity index (χ1n) is 7.62. The van der Waals surface area contributed by atoms with Crippen LogP contribution in [0.15, 0.2) is 42.0 Å². The zero-order valence-corrected chi connectivity index (χ0v) is 15.2. The second-order valence-corrected chi connectivity index (χ2v) is 8.66. The Balaban J connectivity index is 1.96. The van der Waals surface area contributed by atoms with Crippen LogP contribution >= 0.6 is 0 Å². The van der Waals surface area contributed by atoms with Crippen LogP contribution in [-0.2, 0) is 19.1 Å². The molecule has 0 amide bonds. The molecule has 0 saturated heterocycles. The van der Waals surface area contributed by atoms with Gasteiger partial charge in [-0.1, -0.05) is 0 Å². The average molecular weight is 379 g/mol. The summed E-state index contributed by atoms with van der Waals surface area (Å²) in [6.07, 6.45) is 2.61. The fourth-order valence-corrected chi connectivity index (χ4v) is 6.39. The van der Waals surface area contributed by atoms with Crippen molar-refractivity contribution < 1.29 is 19.1 Å². The summed E-state index contributed by atoms with van der Waals surface area (Å²) in [5, 5.41) is 0. The minimum absolute atomic E-state index is 0.00311. The van der Waals surface area contributed by atoms with E-state index in [0.29, 0.717) is 5.57 Å². The van der Waals surface area contributed by atoms with E-state index in [9.17, 15) is 9.59 Å². The van der Waals surface area contributed by atoms with Crippen LogP contribution in [0.4, 0.5) is 0 Å². The molecule has 3 atom stereocenters. The molecule has 4 nitrogen and oxygen atoms in total. The number of benzene rings is 1. The topological polar surface area (TPSA) is 52.6 Å². The molecule has 0 unspecified atom stereocenters. The average Bonchev–Trinajstić information content (AvgIpc) is 2.56. The summed E-state index contributed by atoms with van der Waals surface area (Å²) in [6, 6.07) is 10.2. The number of rotatable bonds is 5. The summed E-state index contributed by atoms with van der Waals surface area (Å²) in [6.45, 7) is 1.55. The van der Waals surface area contributed by atoms with Gasteiger partial charge in [0.15, 0.2) is 0 Å². The van der Waals surface area contributed by atoms with Gasteiger partial charge in [0.1, 0.15) is 0 Å². The maximum atomic E-state index is 12.9. The number of hydrogen-bond donors (Lipinski definition) is 0. The van der Waals surface area contributed by atoms with E-state index in [2.05, 4.69) is 12.1 Å². The quantitative estimate of drug-likeness (QED) is 0.575. The molecule has 2 bridgehead atoms. The first-order chi connectivity index (χ1) is 11.0. The predicted octanol–water partition coefficient (Wildman–Crippen LogP) is 1.53. The van der Waals surface area contributed by atoms with Crippen molar-refractivity contribution in [1.29, 1.82) is 0 Å². The summed E-state index contributed by atoms with van der Waals surface area (Å²) in [7, 11) is 2.97. The molecular weight excluding hydrogens is 359 g/mol. The molecule has 0 N–H and O–H groups in total. The molecule has 3 aliphatic rings. The molecule has 23 heavy (non-hydrogen) atoms. The van der Waals surface area contributed by atoms with Crippen molar-refractivity contribution in [3.8, 4) is 0 Å². The Morgan fingerprint density at radius 1 is 1.22 bits per heavy atom. The Kier molecular flexibility index (Phi) is 4.56. The normalized spacial score (nSPS) is 28.6. The summed E-state index contributed by atoms with van der Waals surface area (Å²) in [4.78, 5) is 25.2. The molecule has 0 heterocycles. The van der Waals surface area contributed by atoms with Crippen LogP contribution in [0.3, 0.4) is 0 Å². The fraction of sp³-hybridized carbons (Fsp3) is 0.444. The number of hydrogen-bond acceptors (Lipinski definition) is 4. The molecule has 5 heteroatoms. The van der Waals surface area contributed by atoms with Gasteiger partial charge in [-0.2, -0.15) is 0 Å². The number of ketones is 2. The molecule has 0 aliphatic heterocycles. The Morgan fingerprint density at radius 3 is 2.43 bits per heavy atom. The Morgan fingerprint density at radius 2 is 1.87 bits per heavy atom. The maximum absolute atomic E-state index is 12.9. The van der Waals surface area contributed by atoms with Gasteiger partial charge >= 0.3 is 142 Å². The third kappa shape index (κ3) is 2.62. The van der Waals surface area contributed by atoms with Crippen molar-refractivity contribution in [2.75, 3.05) is 14.2 Å². The van der Waals surface area contributed by atoms with Gasteiger partial charge in [-0.25, -0.2) is 0 Å². The minimum atomic E-state index is -1.30. The van der Waals surface area contributed by atoms with Gasteiger partial charge in [0.2, 0.25) is 0 Å². The number of carbonyl (C=O) groups excluding carboxylic acids is 2. The van der Waals surface area contributed by atoms with E-state index < -0.39 is 5.79 Å². The molecule has 0 aromatic heterocycles. The molecule has 0 spiro atoms. The van der Waals surface area contributed by atoms with Crippen LogP contribution in [0.25, 0.3) is 0 Å². The van der Waals surface area contributed by atoms with E-state index in [1.54, 1.807) is 6.92 Å². The van der Waals surface area contributed by atoms with Crippen molar-refractivity contribution in [1.82, 2.24) is 0 Å². The van der Waals surface area contributed by atoms with E-state index in [4.69, 9.17) is 9.47 Å². The Labute approximate surface area is 142 Å². The van der Waals surface area contributed by atoms with Gasteiger partial charge in [0.25, 0.3) is 0 Å². The summed E-state index contributed by atoms with van der Waals surface area (Å²) >= 11 is 0.173. The van der Waals surface area contributed by atoms with E-state index in [1.807, 2.05) is 24.3 Å². The van der Waals surface area contributed by atoms with Gasteiger partial charge in [0, 0.05) is 0 Å². The molecule has 4 rings (SSSR count). The van der Waals surface area contributed by atoms with Crippen LogP contribution < -0.4 is 4.46 Å². The number of methoxy groups -OCH3 is 2. The molecule has 1 aromatic rings. The molecule has 1 aromatic carbocycles. The standard InChI is InChI=1S/C18H20O4Se/c1-11(19)13-9-14-16(23-12-7-5-4-6-8-12)10-15(13)18(21-2,22-3)17(14)20/h4-9,14-16H,10H2,1-3H3/t14-,15-,16-/m1/s1. The van der Waals surface area contributed by atoms with Crippen molar-refractivity contribution in [2.45, 2.75) is 23.9 Å². The summed E-state index contributed by atoms with van der Waals surface area (Å²) in [5.41, 5.74) is 0.679. The first-order valence-corrected chi connectivity index (χ1v) is 9.47. The molecule has 122 valence electrons. The number of ether oxygens (including phenoxy) is 2. The fourth-order valence-electron chi connectivity index (χ4n) is 3.66. The SMILES string of the molecule is COC1(OC)C(=O)[C@@H]2C=C(C(C)=O)[C@H]1C[C@H]2[Se]c1ccccc1. The molecule has 1 saturated carbocycles. The molecule has 1 fully saturated rings. The van der Waals surface area contributed by atoms with Crippen LogP contribution in [-0.4, -0.2) is 46.5 Å². The second kappa shape index (κ2) is 6.33. The Hall–Kier alpha value is -1.26. The van der Waals surface area contributed by atoms with E-state index in [-0.39, 0.29) is 43.2 Å². The van der Waals surface area contributed by atoms with Gasteiger partial charge < -0.3 is 0 Å². The van der Waals surface area contributed by atoms with Gasteiger partial charge in [0.05, 0.1) is 0 Å². The van der Waals surface area contributed by atoms with Crippen LogP contribution in [0.5, 0.6) is 0 Å². The van der Waals surface area contributed by atoms with Crippen molar-refractivity contribution in [2.24, 2.45) is 11.8 Å². The Bertz CT molecular complexity index is 648. The third-order valence-corrected chi connectivity index (χ3v) is 7.55. The van der Waals surface area contributed by atoms with Gasteiger partial charge in [-0.05, 0) is 0 Å². The monoisotopic (exact) mass is 380 g/mol. The van der Waals surface area contributed by atoms with Gasteiger partial charge in [-0.3, -0.25) is 0 Å². The van der Waals surface area contributed by atoms with Crippen LogP contribution in [0.2, 0.25) is 4.82 Å². The zero-order valence-electron chi connectivity index (χ0n) is 13.4. The zero-order chi connectivity index (χ0) is 16.6. The van der Waals surface area contributed by atoms with Crippen molar-refractivity contribution in [3.63, 3.8) is 0 Å². The van der Waals surface area contributed by atoms with Crippen LogP contribution in [0.1, 0.15) is 13.3 Å². The summed E-state index contributed by atoms with van der Waals surface area (Å²) < 4.78 is 12.3. The second-order valence-electron chi connectivity index (χ2n) is 5.90. The number of carbonyl (C=O) groups is 2. The van der Waals surface area contributed by atoms with E-state index in [1.165, 1.54) is 18.7 Å². The van der Waals surface area contributed by atoms with Crippen molar-refractivity contribution in [3.05, 3.63) is 42.0 Å². The molecule has 3 aliphatic carbocycles. The molecule has 0 radical (unpaired) electrons. The molecular formula is C18H20O4Se. The van der Waals surface area contributed by atoms with E-state index >= 15 is 0 Å². The predicted molar refractivity (Wildman–Crippen MR) is 87.7 cm³/mol. The van der Waals surface area contributed by atoms with E-state index in [0.717, 1.165) is 6.42 Å². The number of Topliss-reactive ketones (excluding diaryl/α,β-unsaturated/α-hetero) is 2. The third-order valence-electron chi connectivity index (χ3n) is 4.75. The van der Waals surface area contributed by atoms with Crippen molar-refractivity contribution >= 4 is 31.0 Å². The van der Waals surface area contributed by atoms with Gasteiger partial charge in [-0.15, -0.1) is 0 Å². The number of fused-ring (bicyclic) bond motifs is 2.